The van der Waals surface area contributed by atoms with Gasteiger partial charge in [-0.2, -0.15) is 0 Å². The minimum absolute atomic E-state index is 0.239. The van der Waals surface area contributed by atoms with Crippen LogP contribution in [0.15, 0.2) is 122 Å². The molecule has 5 aromatic heterocycles. The van der Waals surface area contributed by atoms with Crippen molar-refractivity contribution in [2.24, 2.45) is 0 Å². The monoisotopic (exact) mass is 600 g/mol. The van der Waals surface area contributed by atoms with Gasteiger partial charge in [-0.15, -0.1) is 0 Å². The van der Waals surface area contributed by atoms with Crippen LogP contribution in [0.5, 0.6) is 11.5 Å². The van der Waals surface area contributed by atoms with Crippen molar-refractivity contribution in [1.82, 2.24) is 29.9 Å². The van der Waals surface area contributed by atoms with Gasteiger partial charge in [0, 0.05) is 45.2 Å². The molecule has 0 amide bonds. The topological polar surface area (TPSA) is 124 Å². The number of H-pyrrole nitrogens is 2. The van der Waals surface area contributed by atoms with Gasteiger partial charge in [-0.25, -0.2) is 9.97 Å². The fraction of sp³-hybridized carbons (Fsp3) is 0. The first-order valence-electron chi connectivity index (χ1n) is 14.7. The maximum Gasteiger partial charge on any atom is 0.141 e. The van der Waals surface area contributed by atoms with Crippen LogP contribution in [-0.2, 0) is 0 Å². The highest BCUT2D eigenvalue weighted by Crippen LogP contribution is 2.22. The minimum Gasteiger partial charge on any atom is -0.506 e. The van der Waals surface area contributed by atoms with E-state index in [9.17, 15) is 10.2 Å². The van der Waals surface area contributed by atoms with E-state index >= 15 is 0 Å². The van der Waals surface area contributed by atoms with Crippen molar-refractivity contribution in [3.8, 4) is 11.5 Å². The standard InChI is InChI=1S/C20H14N4.2C9H7NO/c1-2-14-10-16-5-6-18(23-16)12-20-8-7-19(24-20)11-17-4-3-15(22-17)9-13(1)21-14;2*11-8-5-1-3-7-4-2-6-10-9(7)8/h1-12,21-22H;2*1-6,11H. The lowest BCUT2D eigenvalue weighted by Gasteiger charge is -1.96. The van der Waals surface area contributed by atoms with E-state index in [2.05, 4.69) is 60.2 Å². The van der Waals surface area contributed by atoms with Crippen LogP contribution in [0, 0.1) is 0 Å². The summed E-state index contributed by atoms with van der Waals surface area (Å²) in [6, 6.07) is 34.7. The Hall–Kier alpha value is -6.54. The second-order valence-electron chi connectivity index (χ2n) is 10.6. The summed E-state index contributed by atoms with van der Waals surface area (Å²) in [7, 11) is 0. The summed E-state index contributed by atoms with van der Waals surface area (Å²) in [6.45, 7) is 0. The Balaban J connectivity index is 0.000000127. The van der Waals surface area contributed by atoms with E-state index in [4.69, 9.17) is 0 Å². The average molecular weight is 601 g/mol. The first-order chi connectivity index (χ1) is 22.6. The normalized spacial score (nSPS) is 11.5. The highest BCUT2D eigenvalue weighted by Gasteiger charge is 2.02. The number of nitrogens with zero attached hydrogens (tertiary/aromatic N) is 4. The molecular weight excluding hydrogens is 572 g/mol. The van der Waals surface area contributed by atoms with Gasteiger partial charge in [-0.3, -0.25) is 9.97 Å². The molecule has 0 spiro atoms. The number of pyridine rings is 2. The van der Waals surface area contributed by atoms with Crippen molar-refractivity contribution >= 4 is 68.2 Å². The summed E-state index contributed by atoms with van der Waals surface area (Å²) >= 11 is 0. The lowest BCUT2D eigenvalue weighted by molar-refractivity contribution is 0.480. The fourth-order valence-corrected chi connectivity index (χ4v) is 5.12. The van der Waals surface area contributed by atoms with Crippen molar-refractivity contribution in [3.05, 3.63) is 144 Å². The number of aromatic nitrogens is 6. The molecule has 0 saturated carbocycles. The number of rotatable bonds is 0. The molecule has 0 unspecified atom stereocenters. The lowest BCUT2D eigenvalue weighted by atomic mass is 10.2. The Kier molecular flexibility index (Phi) is 7.73. The number of nitrogens with one attached hydrogen (secondary N) is 2. The predicted octanol–water partition coefficient (Wildman–Crippen LogP) is 8.54. The molecule has 222 valence electrons. The van der Waals surface area contributed by atoms with E-state index in [-0.39, 0.29) is 11.5 Å². The van der Waals surface area contributed by atoms with Crippen LogP contribution >= 0.6 is 0 Å². The zero-order chi connectivity index (χ0) is 31.3. The van der Waals surface area contributed by atoms with Gasteiger partial charge in [0.25, 0.3) is 0 Å². The summed E-state index contributed by atoms with van der Waals surface area (Å²) < 4.78 is 0. The van der Waals surface area contributed by atoms with Crippen molar-refractivity contribution in [1.29, 1.82) is 0 Å². The zero-order valence-electron chi connectivity index (χ0n) is 24.5. The first-order valence-corrected chi connectivity index (χ1v) is 14.7. The lowest BCUT2D eigenvalue weighted by Crippen LogP contribution is -1.77. The minimum atomic E-state index is 0.239. The number of hydrogen-bond donors (Lipinski definition) is 4. The average Bonchev–Trinajstić information content (AvgIpc) is 3.89. The van der Waals surface area contributed by atoms with E-state index in [1.54, 1.807) is 36.7 Å². The molecule has 2 aliphatic rings. The van der Waals surface area contributed by atoms with Gasteiger partial charge in [0.15, 0.2) is 0 Å². The molecular formula is C38H28N6O2. The second kappa shape index (κ2) is 12.6. The van der Waals surface area contributed by atoms with Crippen molar-refractivity contribution in [3.63, 3.8) is 0 Å². The van der Waals surface area contributed by atoms with Gasteiger partial charge in [0.05, 0.1) is 22.8 Å². The summed E-state index contributed by atoms with van der Waals surface area (Å²) in [5.41, 5.74) is 9.18. The van der Waals surface area contributed by atoms with E-state index in [1.807, 2.05) is 78.9 Å². The zero-order valence-corrected chi connectivity index (χ0v) is 24.5. The summed E-state index contributed by atoms with van der Waals surface area (Å²) in [4.78, 5) is 24.1. The van der Waals surface area contributed by atoms with E-state index in [0.29, 0.717) is 11.0 Å². The van der Waals surface area contributed by atoms with Gasteiger partial charge in [0.2, 0.25) is 0 Å². The molecule has 7 aromatic rings. The number of aromatic hydroxyl groups is 2. The Morgan fingerprint density at radius 2 is 0.804 bits per heavy atom. The molecule has 0 atom stereocenters. The van der Waals surface area contributed by atoms with Crippen LogP contribution in [0.25, 0.3) is 68.2 Å². The number of aromatic amines is 2. The second-order valence-corrected chi connectivity index (χ2v) is 10.6. The van der Waals surface area contributed by atoms with E-state index < -0.39 is 0 Å². The molecule has 9 rings (SSSR count). The fourth-order valence-electron chi connectivity index (χ4n) is 5.12. The maximum atomic E-state index is 9.31. The number of hydrogen-bond acceptors (Lipinski definition) is 6. The Morgan fingerprint density at radius 1 is 0.413 bits per heavy atom. The van der Waals surface area contributed by atoms with Crippen LogP contribution in [-0.4, -0.2) is 40.1 Å². The third-order valence-corrected chi connectivity index (χ3v) is 7.26. The van der Waals surface area contributed by atoms with Crippen molar-refractivity contribution in [2.75, 3.05) is 0 Å². The maximum absolute atomic E-state index is 9.31. The number of benzene rings is 2. The number of phenolic OH excluding ortho intramolecular Hbond substituents is 2. The third-order valence-electron chi connectivity index (χ3n) is 7.26. The van der Waals surface area contributed by atoms with Gasteiger partial charge < -0.3 is 20.2 Å². The molecule has 8 bridgehead atoms. The van der Waals surface area contributed by atoms with Crippen LogP contribution in [0.3, 0.4) is 0 Å². The highest BCUT2D eigenvalue weighted by molar-refractivity contribution is 5.84. The van der Waals surface area contributed by atoms with Crippen LogP contribution in [0.4, 0.5) is 0 Å². The number of fused-ring (bicyclic) bond motifs is 10. The molecule has 8 nitrogen and oxygen atoms in total. The highest BCUT2D eigenvalue weighted by atomic mass is 16.3. The molecule has 7 heterocycles. The van der Waals surface area contributed by atoms with Gasteiger partial charge in [-0.05, 0) is 97.1 Å². The number of phenols is 2. The summed E-state index contributed by atoms with van der Waals surface area (Å²) in [5, 5.41) is 20.5. The van der Waals surface area contributed by atoms with Crippen LogP contribution < -0.4 is 0 Å². The van der Waals surface area contributed by atoms with Crippen molar-refractivity contribution < 1.29 is 10.2 Å². The third kappa shape index (κ3) is 6.51. The molecule has 0 fully saturated rings. The van der Waals surface area contributed by atoms with Gasteiger partial charge in [-0.1, -0.05) is 36.4 Å². The molecule has 2 aliphatic heterocycles. The molecule has 0 radical (unpaired) electrons. The Morgan fingerprint density at radius 3 is 1.24 bits per heavy atom. The van der Waals surface area contributed by atoms with Gasteiger partial charge in [0.1, 0.15) is 22.5 Å². The smallest absolute Gasteiger partial charge is 0.141 e. The molecule has 4 N–H and O–H groups in total. The van der Waals surface area contributed by atoms with Crippen LogP contribution in [0.2, 0.25) is 0 Å². The molecule has 0 aliphatic carbocycles. The molecule has 2 aromatic carbocycles. The number of para-hydroxylation sites is 2. The Labute approximate surface area is 263 Å². The SMILES string of the molecule is C1=Cc2cc3ccc(cc4ccc(cc5nc(cc1n2)C=C5)[nH]4)[nH]3.Oc1cccc2cccnc12.Oc1cccc2cccnc12. The van der Waals surface area contributed by atoms with Crippen molar-refractivity contribution in [2.45, 2.75) is 0 Å². The molecule has 46 heavy (non-hydrogen) atoms. The summed E-state index contributed by atoms with van der Waals surface area (Å²) in [6.07, 6.45) is 11.4. The molecule has 0 saturated heterocycles. The molecule has 8 heteroatoms. The van der Waals surface area contributed by atoms with E-state index in [1.165, 1.54) is 0 Å². The quantitative estimate of drug-likeness (QED) is 0.138. The largest absolute Gasteiger partial charge is 0.506 e. The van der Waals surface area contributed by atoms with E-state index in [0.717, 1.165) is 55.6 Å². The first kappa shape index (κ1) is 28.2. The Bertz CT molecular complexity index is 2250. The summed E-state index contributed by atoms with van der Waals surface area (Å²) in [5.74, 6) is 0.478. The van der Waals surface area contributed by atoms with Gasteiger partial charge >= 0.3 is 0 Å². The van der Waals surface area contributed by atoms with Crippen LogP contribution in [0.1, 0.15) is 22.8 Å². The predicted molar refractivity (Wildman–Crippen MR) is 186 cm³/mol.